The van der Waals surface area contributed by atoms with Gasteiger partial charge in [0.1, 0.15) is 13.2 Å². The summed E-state index contributed by atoms with van der Waals surface area (Å²) in [5.41, 5.74) is 1.71. The molecular weight excluding hydrogens is 324 g/mol. The number of hydrogen-bond donors (Lipinski definition) is 1. The highest BCUT2D eigenvalue weighted by Crippen LogP contribution is 2.32. The number of nitro groups is 1. The third kappa shape index (κ3) is 3.55. The molecule has 0 spiro atoms. The van der Waals surface area contributed by atoms with E-state index in [1.807, 2.05) is 25.1 Å². The van der Waals surface area contributed by atoms with Gasteiger partial charge in [-0.3, -0.25) is 14.9 Å². The van der Waals surface area contributed by atoms with Gasteiger partial charge in [-0.2, -0.15) is 0 Å². The number of nitrogens with zero attached hydrogens (tertiary/aromatic N) is 1. The van der Waals surface area contributed by atoms with Gasteiger partial charge in [-0.05, 0) is 43.7 Å². The third-order valence-electron chi connectivity index (χ3n) is 4.07. The summed E-state index contributed by atoms with van der Waals surface area (Å²) in [7, 11) is 0. The first kappa shape index (κ1) is 16.8. The normalized spacial score (nSPS) is 13.8. The molecule has 2 aromatic rings. The smallest absolute Gasteiger partial charge is 0.272 e. The number of carbonyl (C=O) groups excluding carboxylic acids is 1. The van der Waals surface area contributed by atoms with Gasteiger partial charge in [-0.25, -0.2) is 0 Å². The minimum absolute atomic E-state index is 0.00330. The Morgan fingerprint density at radius 1 is 1.16 bits per heavy atom. The quantitative estimate of drug-likeness (QED) is 0.681. The second-order valence-corrected chi connectivity index (χ2v) is 5.86. The van der Waals surface area contributed by atoms with Gasteiger partial charge in [-0.15, -0.1) is 0 Å². The van der Waals surface area contributed by atoms with Crippen molar-refractivity contribution >= 4 is 11.6 Å². The van der Waals surface area contributed by atoms with E-state index in [1.165, 1.54) is 18.2 Å². The molecule has 7 nitrogen and oxygen atoms in total. The molecule has 25 heavy (non-hydrogen) atoms. The molecule has 1 aliphatic heterocycles. The number of rotatable bonds is 4. The van der Waals surface area contributed by atoms with Crippen LogP contribution in [0.3, 0.4) is 0 Å². The molecule has 3 rings (SSSR count). The number of amides is 1. The van der Waals surface area contributed by atoms with Crippen LogP contribution in [0.4, 0.5) is 5.69 Å². The summed E-state index contributed by atoms with van der Waals surface area (Å²) in [6.07, 6.45) is 0. The van der Waals surface area contributed by atoms with Crippen LogP contribution < -0.4 is 14.8 Å². The third-order valence-corrected chi connectivity index (χ3v) is 4.07. The van der Waals surface area contributed by atoms with E-state index in [4.69, 9.17) is 9.47 Å². The molecule has 0 aromatic heterocycles. The molecule has 1 N–H and O–H groups in total. The van der Waals surface area contributed by atoms with Gasteiger partial charge in [0.2, 0.25) is 0 Å². The molecule has 1 amide bonds. The van der Waals surface area contributed by atoms with Crippen LogP contribution in [0, 0.1) is 17.0 Å². The molecule has 0 aliphatic carbocycles. The molecule has 130 valence electrons. The molecule has 0 fully saturated rings. The number of hydrogen-bond acceptors (Lipinski definition) is 5. The van der Waals surface area contributed by atoms with Crippen LogP contribution in [-0.2, 0) is 0 Å². The molecule has 1 heterocycles. The fraction of sp³-hybridized carbons (Fsp3) is 0.278. The summed E-state index contributed by atoms with van der Waals surface area (Å²) in [4.78, 5) is 22.8. The minimum Gasteiger partial charge on any atom is -0.486 e. The predicted octanol–water partition coefficient (Wildman–Crippen LogP) is 3.17. The van der Waals surface area contributed by atoms with Gasteiger partial charge >= 0.3 is 0 Å². The highest BCUT2D eigenvalue weighted by atomic mass is 16.6. The van der Waals surface area contributed by atoms with E-state index >= 15 is 0 Å². The topological polar surface area (TPSA) is 90.7 Å². The molecule has 0 bridgehead atoms. The Kier molecular flexibility index (Phi) is 4.56. The largest absolute Gasteiger partial charge is 0.486 e. The molecule has 2 aromatic carbocycles. The standard InChI is InChI=1S/C18H18N2O5/c1-11-9-14(3-5-15(11)20(22)23)18(21)19-12(2)13-4-6-16-17(10-13)25-8-7-24-16/h3-6,9-10,12H,7-8H2,1-2H3,(H,19,21). The van der Waals surface area contributed by atoms with Crippen molar-refractivity contribution in [2.75, 3.05) is 13.2 Å². The average Bonchev–Trinajstić information content (AvgIpc) is 2.60. The second-order valence-electron chi connectivity index (χ2n) is 5.86. The summed E-state index contributed by atoms with van der Waals surface area (Å²) < 4.78 is 11.0. The number of aryl methyl sites for hydroxylation is 1. The van der Waals surface area contributed by atoms with E-state index in [2.05, 4.69) is 5.32 Å². The van der Waals surface area contributed by atoms with E-state index in [0.717, 1.165) is 5.56 Å². The monoisotopic (exact) mass is 342 g/mol. The first-order valence-electron chi connectivity index (χ1n) is 7.91. The molecule has 0 saturated heterocycles. The number of fused-ring (bicyclic) bond motifs is 1. The zero-order valence-corrected chi connectivity index (χ0v) is 13.9. The van der Waals surface area contributed by atoms with E-state index in [-0.39, 0.29) is 17.6 Å². The summed E-state index contributed by atoms with van der Waals surface area (Å²) in [6.45, 7) is 4.50. The van der Waals surface area contributed by atoms with Crippen molar-refractivity contribution in [1.82, 2.24) is 5.32 Å². The number of benzene rings is 2. The first-order valence-corrected chi connectivity index (χ1v) is 7.91. The Balaban J connectivity index is 1.74. The van der Waals surface area contributed by atoms with Gasteiger partial charge in [0.25, 0.3) is 11.6 Å². The Morgan fingerprint density at radius 3 is 2.56 bits per heavy atom. The number of nitrogens with one attached hydrogen (secondary N) is 1. The van der Waals surface area contributed by atoms with Crippen molar-refractivity contribution in [2.24, 2.45) is 0 Å². The van der Waals surface area contributed by atoms with Crippen molar-refractivity contribution in [2.45, 2.75) is 19.9 Å². The maximum absolute atomic E-state index is 12.4. The number of carbonyl (C=O) groups is 1. The zero-order chi connectivity index (χ0) is 18.0. The van der Waals surface area contributed by atoms with Crippen molar-refractivity contribution in [3.63, 3.8) is 0 Å². The molecular formula is C18H18N2O5. The summed E-state index contributed by atoms with van der Waals surface area (Å²) >= 11 is 0. The van der Waals surface area contributed by atoms with Crippen molar-refractivity contribution in [1.29, 1.82) is 0 Å². The van der Waals surface area contributed by atoms with Gasteiger partial charge in [0.15, 0.2) is 11.5 Å². The second kappa shape index (κ2) is 6.80. The van der Waals surface area contributed by atoms with Crippen LogP contribution in [0.1, 0.15) is 34.5 Å². The molecule has 7 heteroatoms. The molecule has 1 aliphatic rings. The van der Waals surface area contributed by atoms with Gasteiger partial charge in [-0.1, -0.05) is 6.07 Å². The van der Waals surface area contributed by atoms with Crippen LogP contribution >= 0.6 is 0 Å². The van der Waals surface area contributed by atoms with Crippen LogP contribution in [0.5, 0.6) is 11.5 Å². The molecule has 0 radical (unpaired) electrons. The molecule has 1 unspecified atom stereocenters. The van der Waals surface area contributed by atoms with Crippen molar-refractivity contribution < 1.29 is 19.2 Å². The summed E-state index contributed by atoms with van der Waals surface area (Å²) in [5, 5.41) is 13.8. The van der Waals surface area contributed by atoms with E-state index < -0.39 is 4.92 Å². The van der Waals surface area contributed by atoms with E-state index in [0.29, 0.717) is 35.8 Å². The lowest BCUT2D eigenvalue weighted by Crippen LogP contribution is -2.27. The predicted molar refractivity (Wildman–Crippen MR) is 91.1 cm³/mol. The Bertz CT molecular complexity index is 834. The van der Waals surface area contributed by atoms with Gasteiger partial charge in [0, 0.05) is 17.2 Å². The molecule has 0 saturated carbocycles. The lowest BCUT2D eigenvalue weighted by molar-refractivity contribution is -0.385. The van der Waals surface area contributed by atoms with E-state index in [9.17, 15) is 14.9 Å². The zero-order valence-electron chi connectivity index (χ0n) is 13.9. The van der Waals surface area contributed by atoms with Crippen LogP contribution in [0.25, 0.3) is 0 Å². The Morgan fingerprint density at radius 2 is 1.88 bits per heavy atom. The van der Waals surface area contributed by atoms with Crippen LogP contribution in [0.15, 0.2) is 36.4 Å². The van der Waals surface area contributed by atoms with Crippen molar-refractivity contribution in [3.05, 3.63) is 63.2 Å². The SMILES string of the molecule is Cc1cc(C(=O)NC(C)c2ccc3c(c2)OCCO3)ccc1[N+](=O)[O-]. The minimum atomic E-state index is -0.463. The lowest BCUT2D eigenvalue weighted by atomic mass is 10.1. The lowest BCUT2D eigenvalue weighted by Gasteiger charge is -2.21. The number of nitro benzene ring substituents is 1. The number of ether oxygens (including phenoxy) is 2. The Hall–Kier alpha value is -3.09. The summed E-state index contributed by atoms with van der Waals surface area (Å²) in [5.74, 6) is 1.07. The van der Waals surface area contributed by atoms with Crippen molar-refractivity contribution in [3.8, 4) is 11.5 Å². The van der Waals surface area contributed by atoms with Gasteiger partial charge in [0.05, 0.1) is 11.0 Å². The highest BCUT2D eigenvalue weighted by Gasteiger charge is 2.18. The van der Waals surface area contributed by atoms with E-state index in [1.54, 1.807) is 6.92 Å². The summed E-state index contributed by atoms with van der Waals surface area (Å²) in [6, 6.07) is 9.61. The maximum atomic E-state index is 12.4. The molecule has 1 atom stereocenters. The maximum Gasteiger partial charge on any atom is 0.272 e. The van der Waals surface area contributed by atoms with Gasteiger partial charge < -0.3 is 14.8 Å². The fourth-order valence-corrected chi connectivity index (χ4v) is 2.69. The fourth-order valence-electron chi connectivity index (χ4n) is 2.69. The first-order chi connectivity index (χ1) is 12.0. The van der Waals surface area contributed by atoms with Crippen LogP contribution in [-0.4, -0.2) is 24.0 Å². The Labute approximate surface area is 144 Å². The average molecular weight is 342 g/mol. The van der Waals surface area contributed by atoms with Crippen LogP contribution in [0.2, 0.25) is 0 Å². The highest BCUT2D eigenvalue weighted by molar-refractivity contribution is 5.95.